The van der Waals surface area contributed by atoms with E-state index in [0.717, 1.165) is 0 Å². The van der Waals surface area contributed by atoms with Crippen LogP contribution >= 0.6 is 0 Å². The third-order valence-corrected chi connectivity index (χ3v) is 2.37. The normalized spacial score (nSPS) is 37.7. The van der Waals surface area contributed by atoms with Gasteiger partial charge in [0.1, 0.15) is 18.3 Å². The van der Waals surface area contributed by atoms with E-state index in [4.69, 9.17) is 23.7 Å². The Kier molecular flexibility index (Phi) is 4.77. The third kappa shape index (κ3) is 2.24. The molecule has 1 fully saturated rings. The van der Waals surface area contributed by atoms with Crippen molar-refractivity contribution in [1.29, 1.82) is 0 Å². The van der Waals surface area contributed by atoms with E-state index in [-0.39, 0.29) is 24.6 Å². The van der Waals surface area contributed by atoms with Gasteiger partial charge in [-0.1, -0.05) is 0 Å². The van der Waals surface area contributed by atoms with Gasteiger partial charge in [0.05, 0.1) is 6.61 Å². The van der Waals surface area contributed by atoms with Crippen LogP contribution in [0.5, 0.6) is 0 Å². The standard InChI is InChI=1S/C9H18O5/c1-10-5-6-7(11-2)8(12-3)9(13-4)14-6/h6-9H,5H2,1-4H3/t6-,7+,8-,9-/m1/s1. The summed E-state index contributed by atoms with van der Waals surface area (Å²) in [4.78, 5) is 0. The molecule has 14 heavy (non-hydrogen) atoms. The monoisotopic (exact) mass is 206 g/mol. The van der Waals surface area contributed by atoms with Crippen LogP contribution < -0.4 is 0 Å². The van der Waals surface area contributed by atoms with Crippen LogP contribution in [-0.2, 0) is 23.7 Å². The van der Waals surface area contributed by atoms with Crippen molar-refractivity contribution in [3.63, 3.8) is 0 Å². The number of rotatable bonds is 5. The minimum atomic E-state index is -0.384. The molecule has 0 aliphatic carbocycles. The molecule has 5 heteroatoms. The zero-order chi connectivity index (χ0) is 10.6. The lowest BCUT2D eigenvalue weighted by atomic mass is 10.1. The molecule has 0 amide bonds. The highest BCUT2D eigenvalue weighted by Gasteiger charge is 2.45. The first-order valence-electron chi connectivity index (χ1n) is 4.51. The first kappa shape index (κ1) is 11.9. The van der Waals surface area contributed by atoms with Gasteiger partial charge in [-0.2, -0.15) is 0 Å². The van der Waals surface area contributed by atoms with E-state index >= 15 is 0 Å². The summed E-state index contributed by atoms with van der Waals surface area (Å²) in [7, 11) is 6.44. The zero-order valence-corrected chi connectivity index (χ0v) is 9.06. The van der Waals surface area contributed by atoms with E-state index in [9.17, 15) is 0 Å². The SMILES string of the molecule is COC[C@H]1O[C@@H](OC)[C@H](OC)[C@H]1OC. The number of ether oxygens (including phenoxy) is 5. The summed E-state index contributed by atoms with van der Waals surface area (Å²) in [6.45, 7) is 0.470. The van der Waals surface area contributed by atoms with Crippen molar-refractivity contribution < 1.29 is 23.7 Å². The maximum Gasteiger partial charge on any atom is 0.186 e. The Hall–Kier alpha value is -0.200. The number of hydrogen-bond acceptors (Lipinski definition) is 5. The van der Waals surface area contributed by atoms with Crippen molar-refractivity contribution in [2.24, 2.45) is 0 Å². The van der Waals surface area contributed by atoms with E-state index < -0.39 is 0 Å². The molecule has 0 N–H and O–H groups in total. The van der Waals surface area contributed by atoms with Gasteiger partial charge in [-0.3, -0.25) is 0 Å². The van der Waals surface area contributed by atoms with Gasteiger partial charge in [-0.05, 0) is 0 Å². The molecule has 5 nitrogen and oxygen atoms in total. The van der Waals surface area contributed by atoms with Gasteiger partial charge in [0, 0.05) is 28.4 Å². The lowest BCUT2D eigenvalue weighted by Crippen LogP contribution is -2.37. The van der Waals surface area contributed by atoms with Gasteiger partial charge < -0.3 is 23.7 Å². The topological polar surface area (TPSA) is 46.2 Å². The van der Waals surface area contributed by atoms with Crippen LogP contribution in [0.2, 0.25) is 0 Å². The van der Waals surface area contributed by atoms with E-state index in [1.165, 1.54) is 0 Å². The van der Waals surface area contributed by atoms with Crippen molar-refractivity contribution in [1.82, 2.24) is 0 Å². The summed E-state index contributed by atoms with van der Waals surface area (Å²) < 4.78 is 26.3. The lowest BCUT2D eigenvalue weighted by molar-refractivity contribution is -0.160. The Balaban J connectivity index is 2.62. The molecule has 1 aliphatic heterocycles. The van der Waals surface area contributed by atoms with Crippen LogP contribution in [-0.4, -0.2) is 59.6 Å². The Morgan fingerprint density at radius 1 is 0.929 bits per heavy atom. The molecule has 0 aromatic carbocycles. The molecular formula is C9H18O5. The largest absolute Gasteiger partial charge is 0.382 e. The molecule has 4 atom stereocenters. The van der Waals surface area contributed by atoms with Gasteiger partial charge in [0.15, 0.2) is 6.29 Å². The maximum atomic E-state index is 5.56. The van der Waals surface area contributed by atoms with Crippen molar-refractivity contribution in [3.05, 3.63) is 0 Å². The van der Waals surface area contributed by atoms with E-state index in [1.807, 2.05) is 0 Å². The van der Waals surface area contributed by atoms with E-state index in [0.29, 0.717) is 6.61 Å². The summed E-state index contributed by atoms with van der Waals surface area (Å²) in [5.41, 5.74) is 0. The molecule has 0 aromatic heterocycles. The quantitative estimate of drug-likeness (QED) is 0.635. The minimum absolute atomic E-state index is 0.139. The van der Waals surface area contributed by atoms with Crippen molar-refractivity contribution in [2.45, 2.75) is 24.6 Å². The first-order chi connectivity index (χ1) is 6.78. The second kappa shape index (κ2) is 5.63. The maximum absolute atomic E-state index is 5.56. The molecule has 0 radical (unpaired) electrons. The smallest absolute Gasteiger partial charge is 0.186 e. The molecule has 0 spiro atoms. The molecule has 1 saturated heterocycles. The fourth-order valence-electron chi connectivity index (χ4n) is 1.71. The summed E-state index contributed by atoms with van der Waals surface area (Å²) in [6.07, 6.45) is -0.875. The van der Waals surface area contributed by atoms with Crippen LogP contribution in [0.25, 0.3) is 0 Å². The van der Waals surface area contributed by atoms with Crippen molar-refractivity contribution in [2.75, 3.05) is 35.0 Å². The predicted octanol–water partition coefficient (Wildman–Crippen LogP) is 0.0341. The average molecular weight is 206 g/mol. The second-order valence-corrected chi connectivity index (χ2v) is 3.13. The molecule has 1 heterocycles. The number of hydrogen-bond donors (Lipinski definition) is 0. The Bertz CT molecular complexity index is 163. The highest BCUT2D eigenvalue weighted by Crippen LogP contribution is 2.26. The minimum Gasteiger partial charge on any atom is -0.382 e. The average Bonchev–Trinajstić information content (AvgIpc) is 2.55. The van der Waals surface area contributed by atoms with Gasteiger partial charge in [-0.15, -0.1) is 0 Å². The summed E-state index contributed by atoms with van der Waals surface area (Å²) in [5, 5.41) is 0. The Morgan fingerprint density at radius 2 is 1.57 bits per heavy atom. The summed E-state index contributed by atoms with van der Waals surface area (Å²) in [5.74, 6) is 0. The predicted molar refractivity (Wildman–Crippen MR) is 49.1 cm³/mol. The molecule has 1 rings (SSSR count). The summed E-state index contributed by atoms with van der Waals surface area (Å²) in [6, 6.07) is 0. The summed E-state index contributed by atoms with van der Waals surface area (Å²) >= 11 is 0. The van der Waals surface area contributed by atoms with Crippen LogP contribution in [0.3, 0.4) is 0 Å². The Labute approximate surface area is 84.2 Å². The molecule has 1 aliphatic rings. The van der Waals surface area contributed by atoms with E-state index in [2.05, 4.69) is 0 Å². The van der Waals surface area contributed by atoms with Crippen LogP contribution in [0, 0.1) is 0 Å². The second-order valence-electron chi connectivity index (χ2n) is 3.13. The fourth-order valence-corrected chi connectivity index (χ4v) is 1.71. The van der Waals surface area contributed by atoms with Crippen molar-refractivity contribution >= 4 is 0 Å². The molecular weight excluding hydrogens is 188 g/mol. The van der Waals surface area contributed by atoms with Crippen LogP contribution in [0.1, 0.15) is 0 Å². The zero-order valence-electron chi connectivity index (χ0n) is 9.06. The highest BCUT2D eigenvalue weighted by molar-refractivity contribution is 4.88. The number of methoxy groups -OCH3 is 4. The van der Waals surface area contributed by atoms with Gasteiger partial charge in [-0.25, -0.2) is 0 Å². The van der Waals surface area contributed by atoms with Crippen LogP contribution in [0.15, 0.2) is 0 Å². The molecule has 0 unspecified atom stereocenters. The lowest BCUT2D eigenvalue weighted by Gasteiger charge is -2.20. The Morgan fingerprint density at radius 3 is 2.00 bits per heavy atom. The van der Waals surface area contributed by atoms with Gasteiger partial charge in [0.25, 0.3) is 0 Å². The molecule has 84 valence electrons. The fraction of sp³-hybridized carbons (Fsp3) is 1.00. The molecule has 0 bridgehead atoms. The molecule has 0 aromatic rings. The van der Waals surface area contributed by atoms with Gasteiger partial charge >= 0.3 is 0 Å². The third-order valence-electron chi connectivity index (χ3n) is 2.37. The van der Waals surface area contributed by atoms with Crippen molar-refractivity contribution in [3.8, 4) is 0 Å². The van der Waals surface area contributed by atoms with E-state index in [1.54, 1.807) is 28.4 Å². The van der Waals surface area contributed by atoms with Crippen LogP contribution in [0.4, 0.5) is 0 Å². The van der Waals surface area contributed by atoms with Gasteiger partial charge in [0.2, 0.25) is 0 Å². The first-order valence-corrected chi connectivity index (χ1v) is 4.51. The molecule has 0 saturated carbocycles. The highest BCUT2D eigenvalue weighted by atomic mass is 16.7.